The summed E-state index contributed by atoms with van der Waals surface area (Å²) >= 11 is 0. The van der Waals surface area contributed by atoms with E-state index in [1.165, 1.54) is 0 Å². The molecule has 18 heavy (non-hydrogen) atoms. The van der Waals surface area contributed by atoms with Crippen LogP contribution in [0.2, 0.25) is 0 Å². The van der Waals surface area contributed by atoms with Crippen molar-refractivity contribution in [2.24, 2.45) is 0 Å². The molecule has 1 unspecified atom stereocenters. The minimum Gasteiger partial charge on any atom is -0.280 e. The van der Waals surface area contributed by atoms with E-state index in [4.69, 9.17) is 0 Å². The predicted molar refractivity (Wildman–Crippen MR) is 73.1 cm³/mol. The van der Waals surface area contributed by atoms with Crippen LogP contribution < -0.4 is 4.90 Å². The minimum absolute atomic E-state index is 0.00130. The summed E-state index contributed by atoms with van der Waals surface area (Å²) in [4.78, 5) is 14.4. The van der Waals surface area contributed by atoms with Crippen molar-refractivity contribution in [2.75, 3.05) is 4.90 Å². The van der Waals surface area contributed by atoms with E-state index in [1.807, 2.05) is 53.4 Å². The van der Waals surface area contributed by atoms with Gasteiger partial charge in [-0.05, 0) is 30.2 Å². The van der Waals surface area contributed by atoms with Gasteiger partial charge in [0, 0.05) is 5.69 Å². The molecule has 0 aromatic heterocycles. The molecule has 3 rings (SSSR count). The maximum Gasteiger partial charge on any atom is 0.239 e. The Labute approximate surface area is 107 Å². The highest BCUT2D eigenvalue weighted by Gasteiger charge is 2.36. The van der Waals surface area contributed by atoms with E-state index >= 15 is 0 Å². The number of rotatable bonds is 2. The molecule has 0 bridgehead atoms. The van der Waals surface area contributed by atoms with E-state index in [2.05, 4.69) is 13.0 Å². The minimum atomic E-state index is 0.00130. The molecule has 2 aromatic carbocycles. The number of benzene rings is 2. The lowest BCUT2D eigenvalue weighted by Gasteiger charge is -2.17. The maximum atomic E-state index is 12.5. The maximum absolute atomic E-state index is 12.5. The molecule has 0 aliphatic carbocycles. The van der Waals surface area contributed by atoms with Crippen LogP contribution in [0.5, 0.6) is 0 Å². The number of fused-ring (bicyclic) bond motifs is 1. The Kier molecular flexibility index (Phi) is 2.63. The Morgan fingerprint density at radius 2 is 1.67 bits per heavy atom. The molecule has 2 aromatic rings. The van der Waals surface area contributed by atoms with E-state index in [0.717, 1.165) is 23.4 Å². The van der Waals surface area contributed by atoms with E-state index in [1.54, 1.807) is 0 Å². The second-order valence-corrected chi connectivity index (χ2v) is 4.53. The summed E-state index contributed by atoms with van der Waals surface area (Å²) < 4.78 is 0. The van der Waals surface area contributed by atoms with Crippen LogP contribution in [0.3, 0.4) is 0 Å². The third-order valence-electron chi connectivity index (χ3n) is 3.49. The van der Waals surface area contributed by atoms with E-state index in [0.29, 0.717) is 0 Å². The first-order valence-electron chi connectivity index (χ1n) is 6.31. The smallest absolute Gasteiger partial charge is 0.239 e. The number of amides is 1. The standard InChI is InChI=1S/C16H15NO/c1-2-13-14-10-6-7-11-15(14)17(16(13)18)12-8-4-3-5-9-12/h3-11,13H,2H2,1H3. The van der Waals surface area contributed by atoms with Crippen LogP contribution in [0.4, 0.5) is 11.4 Å². The van der Waals surface area contributed by atoms with Crippen molar-refractivity contribution in [1.82, 2.24) is 0 Å². The largest absolute Gasteiger partial charge is 0.280 e. The molecule has 0 radical (unpaired) electrons. The van der Waals surface area contributed by atoms with Gasteiger partial charge in [-0.1, -0.05) is 43.3 Å². The third-order valence-corrected chi connectivity index (χ3v) is 3.49. The molecule has 1 aliphatic heterocycles. The normalized spacial score (nSPS) is 17.9. The molecule has 1 amide bonds. The van der Waals surface area contributed by atoms with Gasteiger partial charge in [-0.2, -0.15) is 0 Å². The first kappa shape index (κ1) is 11.0. The molecule has 2 heteroatoms. The second kappa shape index (κ2) is 4.30. The SMILES string of the molecule is CCC1C(=O)N(c2ccccc2)c2ccccc21. The fourth-order valence-electron chi connectivity index (χ4n) is 2.63. The lowest BCUT2D eigenvalue weighted by atomic mass is 9.98. The fourth-order valence-corrected chi connectivity index (χ4v) is 2.63. The summed E-state index contributed by atoms with van der Waals surface area (Å²) in [6.45, 7) is 2.06. The molecule has 0 saturated heterocycles. The molecule has 0 N–H and O–H groups in total. The number of nitrogens with zero attached hydrogens (tertiary/aromatic N) is 1. The number of para-hydroxylation sites is 2. The fraction of sp³-hybridized carbons (Fsp3) is 0.188. The zero-order valence-corrected chi connectivity index (χ0v) is 10.3. The Morgan fingerprint density at radius 1 is 1.00 bits per heavy atom. The lowest BCUT2D eigenvalue weighted by molar-refractivity contribution is -0.118. The number of carbonyl (C=O) groups is 1. The zero-order chi connectivity index (χ0) is 12.5. The number of carbonyl (C=O) groups excluding carboxylic acids is 1. The molecule has 0 fully saturated rings. The summed E-state index contributed by atoms with van der Waals surface area (Å²) in [5.41, 5.74) is 3.13. The molecule has 1 aliphatic rings. The highest BCUT2D eigenvalue weighted by molar-refractivity contribution is 6.10. The van der Waals surface area contributed by atoms with Crippen molar-refractivity contribution in [3.63, 3.8) is 0 Å². The Morgan fingerprint density at radius 3 is 2.39 bits per heavy atom. The third kappa shape index (κ3) is 1.53. The molecular formula is C16H15NO. The van der Waals surface area contributed by atoms with Gasteiger partial charge in [0.25, 0.3) is 0 Å². The van der Waals surface area contributed by atoms with Gasteiger partial charge < -0.3 is 0 Å². The van der Waals surface area contributed by atoms with E-state index in [-0.39, 0.29) is 11.8 Å². The van der Waals surface area contributed by atoms with Gasteiger partial charge in [0.2, 0.25) is 5.91 Å². The molecule has 1 atom stereocenters. The number of hydrogen-bond acceptors (Lipinski definition) is 1. The Hall–Kier alpha value is -2.09. The van der Waals surface area contributed by atoms with Crippen molar-refractivity contribution in [3.8, 4) is 0 Å². The summed E-state index contributed by atoms with van der Waals surface area (Å²) in [7, 11) is 0. The first-order valence-corrected chi connectivity index (χ1v) is 6.31. The quantitative estimate of drug-likeness (QED) is 0.776. The molecular weight excluding hydrogens is 222 g/mol. The predicted octanol–water partition coefficient (Wildman–Crippen LogP) is 3.86. The van der Waals surface area contributed by atoms with Gasteiger partial charge in [0.1, 0.15) is 0 Å². The van der Waals surface area contributed by atoms with Crippen LogP contribution in [0.1, 0.15) is 24.8 Å². The van der Waals surface area contributed by atoms with E-state index < -0.39 is 0 Å². The van der Waals surface area contributed by atoms with Crippen LogP contribution in [0.15, 0.2) is 54.6 Å². The van der Waals surface area contributed by atoms with Crippen LogP contribution in [0.25, 0.3) is 0 Å². The summed E-state index contributed by atoms with van der Waals surface area (Å²) in [6.07, 6.45) is 0.846. The highest BCUT2D eigenvalue weighted by Crippen LogP contribution is 2.42. The monoisotopic (exact) mass is 237 g/mol. The highest BCUT2D eigenvalue weighted by atomic mass is 16.2. The zero-order valence-electron chi connectivity index (χ0n) is 10.3. The molecule has 1 heterocycles. The van der Waals surface area contributed by atoms with Gasteiger partial charge in [0.05, 0.1) is 11.6 Å². The van der Waals surface area contributed by atoms with Crippen molar-refractivity contribution in [1.29, 1.82) is 0 Å². The molecule has 90 valence electrons. The summed E-state index contributed by atoms with van der Waals surface area (Å²) in [6, 6.07) is 17.9. The van der Waals surface area contributed by atoms with Gasteiger partial charge in [-0.15, -0.1) is 0 Å². The van der Waals surface area contributed by atoms with Crippen molar-refractivity contribution in [3.05, 3.63) is 60.2 Å². The van der Waals surface area contributed by atoms with Crippen LogP contribution in [-0.4, -0.2) is 5.91 Å². The molecule has 0 saturated carbocycles. The number of anilines is 2. The number of hydrogen-bond donors (Lipinski definition) is 0. The second-order valence-electron chi connectivity index (χ2n) is 4.53. The van der Waals surface area contributed by atoms with Crippen LogP contribution >= 0.6 is 0 Å². The van der Waals surface area contributed by atoms with Gasteiger partial charge in [-0.3, -0.25) is 9.69 Å². The molecule has 0 spiro atoms. The summed E-state index contributed by atoms with van der Waals surface area (Å²) in [5, 5.41) is 0. The Bertz CT molecular complexity index is 577. The topological polar surface area (TPSA) is 20.3 Å². The van der Waals surface area contributed by atoms with Gasteiger partial charge in [0.15, 0.2) is 0 Å². The average molecular weight is 237 g/mol. The first-order chi connectivity index (χ1) is 8.83. The lowest BCUT2D eigenvalue weighted by Crippen LogP contribution is -2.23. The van der Waals surface area contributed by atoms with Crippen molar-refractivity contribution >= 4 is 17.3 Å². The van der Waals surface area contributed by atoms with Gasteiger partial charge >= 0.3 is 0 Å². The Balaban J connectivity index is 2.15. The van der Waals surface area contributed by atoms with Crippen LogP contribution in [-0.2, 0) is 4.79 Å². The average Bonchev–Trinajstić information content (AvgIpc) is 2.71. The van der Waals surface area contributed by atoms with Gasteiger partial charge in [-0.25, -0.2) is 0 Å². The summed E-state index contributed by atoms with van der Waals surface area (Å²) in [5.74, 6) is 0.186. The van der Waals surface area contributed by atoms with E-state index in [9.17, 15) is 4.79 Å². The molecule has 2 nitrogen and oxygen atoms in total. The van der Waals surface area contributed by atoms with Crippen LogP contribution in [0, 0.1) is 0 Å². The van der Waals surface area contributed by atoms with Crippen molar-refractivity contribution in [2.45, 2.75) is 19.3 Å². The van der Waals surface area contributed by atoms with Crippen molar-refractivity contribution < 1.29 is 4.79 Å².